The van der Waals surface area contributed by atoms with Crippen LogP contribution in [0, 0.1) is 0 Å². The van der Waals surface area contributed by atoms with Crippen LogP contribution in [0.25, 0.3) is 11.0 Å². The molecule has 0 unspecified atom stereocenters. The van der Waals surface area contributed by atoms with Crippen molar-refractivity contribution in [1.29, 1.82) is 0 Å². The summed E-state index contributed by atoms with van der Waals surface area (Å²) in [6, 6.07) is 7.80. The zero-order valence-electron chi connectivity index (χ0n) is 13.8. The molecule has 0 saturated heterocycles. The third-order valence-corrected chi connectivity index (χ3v) is 6.02. The Balaban J connectivity index is 2.17. The Morgan fingerprint density at radius 2 is 1.84 bits per heavy atom. The van der Waals surface area contributed by atoms with E-state index in [0.29, 0.717) is 17.6 Å². The van der Waals surface area contributed by atoms with Gasteiger partial charge in [-0.05, 0) is 44.4 Å². The monoisotopic (exact) mass is 397 g/mol. The fraction of sp³-hybridized carbons (Fsp3) is 0.235. The second kappa shape index (κ2) is 6.96. The van der Waals surface area contributed by atoms with Crippen molar-refractivity contribution >= 4 is 44.1 Å². The molecular weight excluding hydrogens is 381 g/mol. The molecule has 2 aromatic heterocycles. The molecule has 0 amide bonds. The first-order valence-corrected chi connectivity index (χ1v) is 9.83. The van der Waals surface area contributed by atoms with Gasteiger partial charge in [0.25, 0.3) is 0 Å². The number of likely N-dealkylation sites (N-methyl/N-ethyl adjacent to an activating group) is 1. The minimum absolute atomic E-state index is 0.0699. The molecular formula is C17H17Cl2N3O2S. The van der Waals surface area contributed by atoms with Crippen LogP contribution in [0.5, 0.6) is 0 Å². The maximum atomic E-state index is 13.1. The minimum atomic E-state index is -3.77. The predicted octanol–water partition coefficient (Wildman–Crippen LogP) is 3.74. The van der Waals surface area contributed by atoms with Crippen LogP contribution in [0.15, 0.2) is 52.5 Å². The van der Waals surface area contributed by atoms with Gasteiger partial charge in [0.15, 0.2) is 0 Å². The molecule has 2 heterocycles. The van der Waals surface area contributed by atoms with Gasteiger partial charge in [-0.2, -0.15) is 0 Å². The Labute approximate surface area is 156 Å². The fourth-order valence-electron chi connectivity index (χ4n) is 2.59. The van der Waals surface area contributed by atoms with E-state index in [1.165, 1.54) is 18.2 Å². The standard InChI is InChI=1S/C17H17Cl2N3O2S/c1-21(2)6-7-22-11-16(15-4-3-5-20-17(15)22)25(23,24)14-9-12(18)8-13(19)10-14/h3-5,8-11H,6-7H2,1-2H3. The number of rotatable bonds is 5. The average Bonchev–Trinajstić information content (AvgIpc) is 2.91. The van der Waals surface area contributed by atoms with Gasteiger partial charge in [-0.15, -0.1) is 0 Å². The first kappa shape index (κ1) is 18.2. The van der Waals surface area contributed by atoms with Crippen molar-refractivity contribution in [2.75, 3.05) is 20.6 Å². The number of sulfone groups is 1. The first-order valence-electron chi connectivity index (χ1n) is 7.59. The molecule has 0 spiro atoms. The number of fused-ring (bicyclic) bond motifs is 1. The van der Waals surface area contributed by atoms with Gasteiger partial charge in [-0.3, -0.25) is 0 Å². The van der Waals surface area contributed by atoms with Gasteiger partial charge in [0.2, 0.25) is 9.84 Å². The van der Waals surface area contributed by atoms with Crippen LogP contribution in [0.4, 0.5) is 0 Å². The molecule has 0 atom stereocenters. The molecule has 3 rings (SSSR count). The van der Waals surface area contributed by atoms with Gasteiger partial charge in [0.1, 0.15) is 5.65 Å². The van der Waals surface area contributed by atoms with E-state index in [9.17, 15) is 8.42 Å². The Morgan fingerprint density at radius 3 is 2.48 bits per heavy atom. The molecule has 5 nitrogen and oxygen atoms in total. The summed E-state index contributed by atoms with van der Waals surface area (Å²) >= 11 is 12.0. The molecule has 8 heteroatoms. The summed E-state index contributed by atoms with van der Waals surface area (Å²) in [4.78, 5) is 6.65. The summed E-state index contributed by atoms with van der Waals surface area (Å²) in [6.45, 7) is 1.40. The highest BCUT2D eigenvalue weighted by Gasteiger charge is 2.24. The smallest absolute Gasteiger partial charge is 0.208 e. The summed E-state index contributed by atoms with van der Waals surface area (Å²) in [6.07, 6.45) is 3.28. The number of hydrogen-bond acceptors (Lipinski definition) is 4. The van der Waals surface area contributed by atoms with Crippen LogP contribution in [0.2, 0.25) is 10.0 Å². The molecule has 0 aliphatic carbocycles. The fourth-order valence-corrected chi connectivity index (χ4v) is 4.78. The van der Waals surface area contributed by atoms with Gasteiger partial charge in [0, 0.05) is 40.9 Å². The lowest BCUT2D eigenvalue weighted by Gasteiger charge is -2.10. The highest BCUT2D eigenvalue weighted by Crippen LogP contribution is 2.32. The van der Waals surface area contributed by atoms with Crippen molar-refractivity contribution in [2.24, 2.45) is 0 Å². The van der Waals surface area contributed by atoms with Gasteiger partial charge in [-0.1, -0.05) is 23.2 Å². The average molecular weight is 398 g/mol. The molecule has 1 aromatic carbocycles. The molecule has 0 aliphatic rings. The lowest BCUT2D eigenvalue weighted by molar-refractivity contribution is 0.386. The van der Waals surface area contributed by atoms with Gasteiger partial charge >= 0.3 is 0 Å². The van der Waals surface area contributed by atoms with Crippen molar-refractivity contribution in [3.63, 3.8) is 0 Å². The number of aromatic nitrogens is 2. The van der Waals surface area contributed by atoms with E-state index in [0.717, 1.165) is 6.54 Å². The number of benzene rings is 1. The van der Waals surface area contributed by atoms with Gasteiger partial charge in [0.05, 0.1) is 9.79 Å². The first-order chi connectivity index (χ1) is 11.8. The van der Waals surface area contributed by atoms with Crippen molar-refractivity contribution in [2.45, 2.75) is 16.3 Å². The number of nitrogens with zero attached hydrogens (tertiary/aromatic N) is 3. The van der Waals surface area contributed by atoms with Crippen molar-refractivity contribution in [3.05, 3.63) is 52.8 Å². The number of hydrogen-bond donors (Lipinski definition) is 0. The SMILES string of the molecule is CN(C)CCn1cc(S(=O)(=O)c2cc(Cl)cc(Cl)c2)c2cccnc21. The van der Waals surface area contributed by atoms with Crippen LogP contribution < -0.4 is 0 Å². The molecule has 0 bridgehead atoms. The molecule has 25 heavy (non-hydrogen) atoms. The van der Waals surface area contributed by atoms with Gasteiger partial charge < -0.3 is 9.47 Å². The molecule has 3 aromatic rings. The van der Waals surface area contributed by atoms with Crippen molar-refractivity contribution in [3.8, 4) is 0 Å². The lowest BCUT2D eigenvalue weighted by Crippen LogP contribution is -2.18. The van der Waals surface area contributed by atoms with Crippen LogP contribution in [-0.2, 0) is 16.4 Å². The van der Waals surface area contributed by atoms with Crippen molar-refractivity contribution in [1.82, 2.24) is 14.5 Å². The quantitative estimate of drug-likeness (QED) is 0.657. The van der Waals surface area contributed by atoms with E-state index in [1.54, 1.807) is 24.5 Å². The topological polar surface area (TPSA) is 55.2 Å². The second-order valence-electron chi connectivity index (χ2n) is 5.97. The molecule has 0 radical (unpaired) electrons. The molecule has 0 aliphatic heterocycles. The predicted molar refractivity (Wildman–Crippen MR) is 100 cm³/mol. The zero-order valence-corrected chi connectivity index (χ0v) is 16.1. The van der Waals surface area contributed by atoms with Gasteiger partial charge in [-0.25, -0.2) is 13.4 Å². The highest BCUT2D eigenvalue weighted by molar-refractivity contribution is 7.91. The van der Waals surface area contributed by atoms with E-state index in [1.807, 2.05) is 23.6 Å². The summed E-state index contributed by atoms with van der Waals surface area (Å²) in [5.74, 6) is 0. The van der Waals surface area contributed by atoms with Crippen LogP contribution in [-0.4, -0.2) is 43.5 Å². The Hall–Kier alpha value is -1.60. The summed E-state index contributed by atoms with van der Waals surface area (Å²) < 4.78 is 28.1. The Morgan fingerprint density at radius 1 is 1.16 bits per heavy atom. The number of halogens is 2. The lowest BCUT2D eigenvalue weighted by atomic mass is 10.3. The minimum Gasteiger partial charge on any atom is -0.330 e. The third-order valence-electron chi connectivity index (χ3n) is 3.82. The normalized spacial score (nSPS) is 12.2. The summed E-state index contributed by atoms with van der Waals surface area (Å²) in [5.41, 5.74) is 0.635. The molecule has 0 N–H and O–H groups in total. The maximum Gasteiger partial charge on any atom is 0.208 e. The second-order valence-corrected chi connectivity index (χ2v) is 8.76. The third kappa shape index (κ3) is 3.67. The highest BCUT2D eigenvalue weighted by atomic mass is 35.5. The van der Waals surface area contributed by atoms with E-state index in [2.05, 4.69) is 4.98 Å². The van der Waals surface area contributed by atoms with E-state index >= 15 is 0 Å². The van der Waals surface area contributed by atoms with E-state index < -0.39 is 9.84 Å². The van der Waals surface area contributed by atoms with E-state index in [-0.39, 0.29) is 19.8 Å². The zero-order chi connectivity index (χ0) is 18.2. The molecule has 0 fully saturated rings. The van der Waals surface area contributed by atoms with Crippen LogP contribution >= 0.6 is 23.2 Å². The maximum absolute atomic E-state index is 13.1. The summed E-state index contributed by atoms with van der Waals surface area (Å²) in [7, 11) is 0.154. The van der Waals surface area contributed by atoms with Crippen molar-refractivity contribution < 1.29 is 8.42 Å². The van der Waals surface area contributed by atoms with Crippen LogP contribution in [0.1, 0.15) is 0 Å². The number of pyridine rings is 1. The van der Waals surface area contributed by atoms with Crippen LogP contribution in [0.3, 0.4) is 0 Å². The Kier molecular flexibility index (Phi) is 5.06. The largest absolute Gasteiger partial charge is 0.330 e. The summed E-state index contributed by atoms with van der Waals surface area (Å²) in [5, 5.41) is 1.14. The van der Waals surface area contributed by atoms with E-state index in [4.69, 9.17) is 23.2 Å². The Bertz CT molecular complexity index is 1010. The molecule has 132 valence electrons. The molecule has 0 saturated carbocycles.